The standard InChI is InChI=1S/C16H20N4O2S2/c1-2-9-23-12-15(21)20-7-5-19(6-8-20)11-14-17-16(18-22-14)13-4-3-10-24-13/h2-4,10H,1,5-9,11-12H2. The van der Waals surface area contributed by atoms with Crippen molar-refractivity contribution in [2.45, 2.75) is 6.54 Å². The molecule has 0 spiro atoms. The number of hydrogen-bond acceptors (Lipinski definition) is 7. The minimum absolute atomic E-state index is 0.208. The highest BCUT2D eigenvalue weighted by Gasteiger charge is 2.22. The van der Waals surface area contributed by atoms with E-state index < -0.39 is 0 Å². The third-order valence-corrected chi connectivity index (χ3v) is 5.54. The van der Waals surface area contributed by atoms with Gasteiger partial charge in [-0.1, -0.05) is 17.3 Å². The Kier molecular flexibility index (Phi) is 6.06. The number of hydrogen-bond donors (Lipinski definition) is 0. The second-order valence-corrected chi connectivity index (χ2v) is 7.43. The quantitative estimate of drug-likeness (QED) is 0.555. The smallest absolute Gasteiger partial charge is 0.241 e. The van der Waals surface area contributed by atoms with Gasteiger partial charge in [0.2, 0.25) is 17.6 Å². The minimum atomic E-state index is 0.208. The molecule has 3 rings (SSSR count). The summed E-state index contributed by atoms with van der Waals surface area (Å²) in [5, 5.41) is 6.03. The van der Waals surface area contributed by atoms with Gasteiger partial charge in [-0.05, 0) is 11.4 Å². The summed E-state index contributed by atoms with van der Waals surface area (Å²) < 4.78 is 5.34. The molecule has 1 fully saturated rings. The van der Waals surface area contributed by atoms with Crippen molar-refractivity contribution in [1.82, 2.24) is 19.9 Å². The number of aromatic nitrogens is 2. The zero-order chi connectivity index (χ0) is 16.8. The molecular weight excluding hydrogens is 344 g/mol. The molecule has 1 aliphatic rings. The third kappa shape index (κ3) is 4.46. The predicted octanol–water partition coefficient (Wildman–Crippen LogP) is 2.36. The summed E-state index contributed by atoms with van der Waals surface area (Å²) in [6, 6.07) is 3.95. The van der Waals surface area contributed by atoms with Crippen LogP contribution in [-0.2, 0) is 11.3 Å². The first kappa shape index (κ1) is 17.2. The number of amides is 1. The summed E-state index contributed by atoms with van der Waals surface area (Å²) in [6.07, 6.45) is 1.82. The topological polar surface area (TPSA) is 62.5 Å². The van der Waals surface area contributed by atoms with Crippen LogP contribution in [-0.4, -0.2) is 63.5 Å². The normalized spacial score (nSPS) is 15.6. The molecule has 128 valence electrons. The van der Waals surface area contributed by atoms with Crippen molar-refractivity contribution in [3.05, 3.63) is 36.1 Å². The van der Waals surface area contributed by atoms with Crippen LogP contribution in [0.1, 0.15) is 5.89 Å². The Balaban J connectivity index is 1.45. The highest BCUT2D eigenvalue weighted by Crippen LogP contribution is 2.21. The van der Waals surface area contributed by atoms with E-state index >= 15 is 0 Å². The van der Waals surface area contributed by atoms with E-state index in [1.165, 1.54) is 0 Å². The van der Waals surface area contributed by atoms with Crippen LogP contribution in [0.4, 0.5) is 0 Å². The maximum absolute atomic E-state index is 12.1. The van der Waals surface area contributed by atoms with E-state index in [4.69, 9.17) is 4.52 Å². The summed E-state index contributed by atoms with van der Waals surface area (Å²) in [5.74, 6) is 2.82. The second-order valence-electron chi connectivity index (χ2n) is 5.45. The van der Waals surface area contributed by atoms with Gasteiger partial charge in [-0.25, -0.2) is 0 Å². The predicted molar refractivity (Wildman–Crippen MR) is 97.0 cm³/mol. The fourth-order valence-electron chi connectivity index (χ4n) is 2.49. The zero-order valence-corrected chi connectivity index (χ0v) is 15.0. The molecule has 0 aromatic carbocycles. The summed E-state index contributed by atoms with van der Waals surface area (Å²) in [4.78, 5) is 21.7. The van der Waals surface area contributed by atoms with Gasteiger partial charge in [0.1, 0.15) is 0 Å². The molecule has 0 atom stereocenters. The fourth-order valence-corrected chi connectivity index (χ4v) is 3.78. The SMILES string of the molecule is C=CCSCC(=O)N1CCN(Cc2nc(-c3cccs3)no2)CC1. The van der Waals surface area contributed by atoms with Crippen LogP contribution in [0.5, 0.6) is 0 Å². The summed E-state index contributed by atoms with van der Waals surface area (Å²) in [6.45, 7) is 7.45. The largest absolute Gasteiger partial charge is 0.339 e. The van der Waals surface area contributed by atoms with E-state index in [1.807, 2.05) is 28.5 Å². The molecule has 3 heterocycles. The van der Waals surface area contributed by atoms with Crippen LogP contribution < -0.4 is 0 Å². The molecule has 6 nitrogen and oxygen atoms in total. The lowest BCUT2D eigenvalue weighted by Crippen LogP contribution is -2.48. The molecule has 2 aromatic heterocycles. The van der Waals surface area contributed by atoms with Crippen molar-refractivity contribution in [2.24, 2.45) is 0 Å². The molecule has 1 aliphatic heterocycles. The first-order valence-corrected chi connectivity index (χ1v) is 9.85. The maximum Gasteiger partial charge on any atom is 0.241 e. The third-order valence-electron chi connectivity index (χ3n) is 3.75. The molecule has 0 aliphatic carbocycles. The van der Waals surface area contributed by atoms with Crippen LogP contribution in [0.2, 0.25) is 0 Å². The molecule has 0 N–H and O–H groups in total. The zero-order valence-electron chi connectivity index (χ0n) is 13.4. The number of piperazine rings is 1. The lowest BCUT2D eigenvalue weighted by atomic mass is 10.3. The lowest BCUT2D eigenvalue weighted by Gasteiger charge is -2.33. The highest BCUT2D eigenvalue weighted by molar-refractivity contribution is 8.00. The van der Waals surface area contributed by atoms with Gasteiger partial charge in [-0.3, -0.25) is 9.69 Å². The molecule has 1 amide bonds. The summed E-state index contributed by atoms with van der Waals surface area (Å²) in [5.41, 5.74) is 0. The minimum Gasteiger partial charge on any atom is -0.339 e. The number of rotatable bonds is 7. The monoisotopic (exact) mass is 364 g/mol. The maximum atomic E-state index is 12.1. The van der Waals surface area contributed by atoms with E-state index in [2.05, 4.69) is 21.6 Å². The van der Waals surface area contributed by atoms with Gasteiger partial charge in [0.05, 0.1) is 17.2 Å². The average Bonchev–Trinajstić information content (AvgIpc) is 3.27. The van der Waals surface area contributed by atoms with Gasteiger partial charge in [0, 0.05) is 31.9 Å². The molecular formula is C16H20N4O2S2. The Morgan fingerprint density at radius 2 is 2.25 bits per heavy atom. The van der Waals surface area contributed by atoms with Crippen molar-refractivity contribution in [3.8, 4) is 10.7 Å². The number of thiophene rings is 1. The van der Waals surface area contributed by atoms with E-state index in [-0.39, 0.29) is 5.91 Å². The Hall–Kier alpha value is -1.64. The first-order chi connectivity index (χ1) is 11.8. The van der Waals surface area contributed by atoms with Gasteiger partial charge in [-0.2, -0.15) is 4.98 Å². The van der Waals surface area contributed by atoms with Crippen LogP contribution in [0.15, 0.2) is 34.7 Å². The van der Waals surface area contributed by atoms with E-state index in [9.17, 15) is 4.79 Å². The van der Waals surface area contributed by atoms with Crippen molar-refractivity contribution >= 4 is 29.0 Å². The van der Waals surface area contributed by atoms with Gasteiger partial charge in [0.25, 0.3) is 0 Å². The second kappa shape index (κ2) is 8.46. The molecule has 0 bridgehead atoms. The van der Waals surface area contributed by atoms with E-state index in [0.717, 1.165) is 36.8 Å². The molecule has 0 radical (unpaired) electrons. The Morgan fingerprint density at radius 3 is 2.96 bits per heavy atom. The molecule has 1 saturated heterocycles. The summed E-state index contributed by atoms with van der Waals surface area (Å²) in [7, 11) is 0. The number of nitrogens with zero attached hydrogens (tertiary/aromatic N) is 4. The fraction of sp³-hybridized carbons (Fsp3) is 0.438. The number of thioether (sulfide) groups is 1. The molecule has 24 heavy (non-hydrogen) atoms. The van der Waals surface area contributed by atoms with E-state index in [0.29, 0.717) is 24.0 Å². The summed E-state index contributed by atoms with van der Waals surface area (Å²) >= 11 is 3.20. The van der Waals surface area contributed by atoms with Crippen LogP contribution in [0.3, 0.4) is 0 Å². The molecule has 0 saturated carbocycles. The molecule has 2 aromatic rings. The first-order valence-electron chi connectivity index (χ1n) is 7.81. The highest BCUT2D eigenvalue weighted by atomic mass is 32.2. The molecule has 0 unspecified atom stereocenters. The Bertz CT molecular complexity index is 663. The van der Waals surface area contributed by atoms with Crippen molar-refractivity contribution < 1.29 is 9.32 Å². The average molecular weight is 364 g/mol. The van der Waals surface area contributed by atoms with Gasteiger partial charge >= 0.3 is 0 Å². The van der Waals surface area contributed by atoms with Gasteiger partial charge < -0.3 is 9.42 Å². The Morgan fingerprint density at radius 1 is 1.42 bits per heavy atom. The Labute approximate surface area is 149 Å². The van der Waals surface area contributed by atoms with Crippen molar-refractivity contribution in [3.63, 3.8) is 0 Å². The number of carbonyl (C=O) groups excluding carboxylic acids is 1. The van der Waals surface area contributed by atoms with Crippen molar-refractivity contribution in [1.29, 1.82) is 0 Å². The van der Waals surface area contributed by atoms with Crippen LogP contribution >= 0.6 is 23.1 Å². The van der Waals surface area contributed by atoms with Gasteiger partial charge in [-0.15, -0.1) is 29.7 Å². The van der Waals surface area contributed by atoms with E-state index in [1.54, 1.807) is 23.1 Å². The van der Waals surface area contributed by atoms with Gasteiger partial charge in [0.15, 0.2) is 0 Å². The number of carbonyl (C=O) groups is 1. The molecule has 8 heteroatoms. The van der Waals surface area contributed by atoms with Crippen LogP contribution in [0.25, 0.3) is 10.7 Å². The van der Waals surface area contributed by atoms with Crippen LogP contribution in [0, 0.1) is 0 Å². The lowest BCUT2D eigenvalue weighted by molar-refractivity contribution is -0.130. The van der Waals surface area contributed by atoms with Crippen molar-refractivity contribution in [2.75, 3.05) is 37.7 Å².